The molecular weight excluding hydrogens is 386 g/mol. The molecule has 1 unspecified atom stereocenters. The Kier molecular flexibility index (Phi) is 7.61. The van der Waals surface area contributed by atoms with Crippen molar-refractivity contribution in [1.29, 1.82) is 0 Å². The van der Waals surface area contributed by atoms with Crippen molar-refractivity contribution in [3.63, 3.8) is 0 Å². The van der Waals surface area contributed by atoms with Gasteiger partial charge in [0.05, 0.1) is 0 Å². The van der Waals surface area contributed by atoms with Crippen LogP contribution in [0.4, 0.5) is 10.5 Å². The summed E-state index contributed by atoms with van der Waals surface area (Å²) < 4.78 is 0. The van der Waals surface area contributed by atoms with E-state index in [4.69, 9.17) is 11.6 Å². The average molecular weight is 414 g/mol. The minimum Gasteiger partial charge on any atom is -0.369 e. The third kappa shape index (κ3) is 6.27. The molecule has 1 fully saturated rings. The van der Waals surface area contributed by atoms with Crippen LogP contribution in [0.25, 0.3) is 0 Å². The molecule has 154 valence electrons. The fraction of sp³-hybridized carbons (Fsp3) is 0.409. The van der Waals surface area contributed by atoms with E-state index in [1.807, 2.05) is 38.1 Å². The van der Waals surface area contributed by atoms with Gasteiger partial charge in [0.25, 0.3) is 0 Å². The second kappa shape index (κ2) is 10.4. The van der Waals surface area contributed by atoms with E-state index in [2.05, 4.69) is 37.7 Å². The average Bonchev–Trinajstić information content (AvgIpc) is 2.74. The summed E-state index contributed by atoms with van der Waals surface area (Å²) in [4.78, 5) is 23.3. The van der Waals surface area contributed by atoms with Crippen LogP contribution in [-0.2, 0) is 6.54 Å². The molecule has 0 bridgehead atoms. The van der Waals surface area contributed by atoms with Gasteiger partial charge in [-0.15, -0.1) is 0 Å². The lowest BCUT2D eigenvalue weighted by atomic mass is 10.0. The van der Waals surface area contributed by atoms with Crippen molar-refractivity contribution in [2.24, 2.45) is 15.9 Å². The Morgan fingerprint density at radius 1 is 1.24 bits per heavy atom. The molecule has 1 aromatic rings. The van der Waals surface area contributed by atoms with Crippen molar-refractivity contribution in [2.75, 3.05) is 31.1 Å². The first kappa shape index (κ1) is 21.3. The van der Waals surface area contributed by atoms with Crippen molar-refractivity contribution >= 4 is 34.9 Å². The highest BCUT2D eigenvalue weighted by molar-refractivity contribution is 6.32. The fourth-order valence-electron chi connectivity index (χ4n) is 3.25. The van der Waals surface area contributed by atoms with Gasteiger partial charge in [0.15, 0.2) is 0 Å². The Morgan fingerprint density at radius 3 is 2.62 bits per heavy atom. The minimum absolute atomic E-state index is 0.0986. The van der Waals surface area contributed by atoms with Gasteiger partial charge < -0.3 is 15.5 Å². The summed E-state index contributed by atoms with van der Waals surface area (Å²) in [7, 11) is 0. The van der Waals surface area contributed by atoms with E-state index in [-0.39, 0.29) is 11.9 Å². The first-order valence-corrected chi connectivity index (χ1v) is 10.5. The predicted molar refractivity (Wildman–Crippen MR) is 121 cm³/mol. The highest BCUT2D eigenvalue weighted by Crippen LogP contribution is 2.18. The molecule has 1 heterocycles. The van der Waals surface area contributed by atoms with Crippen LogP contribution in [0, 0.1) is 5.92 Å². The normalized spacial score (nSPS) is 21.3. The number of amidine groups is 1. The first-order valence-electron chi connectivity index (χ1n) is 10.1. The van der Waals surface area contributed by atoms with Gasteiger partial charge in [0, 0.05) is 61.5 Å². The van der Waals surface area contributed by atoms with Gasteiger partial charge in [-0.3, -0.25) is 0 Å². The molecule has 1 saturated heterocycles. The Morgan fingerprint density at radius 2 is 1.97 bits per heavy atom. The number of carbonyl (C=O) groups is 1. The number of anilines is 1. The third-order valence-electron chi connectivity index (χ3n) is 4.96. The Bertz CT molecular complexity index is 835. The van der Waals surface area contributed by atoms with Crippen LogP contribution in [0.15, 0.2) is 57.5 Å². The number of aliphatic imine (C=N–C) groups is 2. The van der Waals surface area contributed by atoms with Gasteiger partial charge in [-0.25, -0.2) is 9.79 Å². The Balaban J connectivity index is 1.56. The van der Waals surface area contributed by atoms with E-state index in [1.165, 1.54) is 5.69 Å². The van der Waals surface area contributed by atoms with Crippen LogP contribution in [-0.4, -0.2) is 43.8 Å². The van der Waals surface area contributed by atoms with Crippen LogP contribution >= 0.6 is 11.6 Å². The summed E-state index contributed by atoms with van der Waals surface area (Å²) in [5.74, 6) is 0.607. The van der Waals surface area contributed by atoms with E-state index in [0.717, 1.165) is 37.5 Å². The number of rotatable bonds is 4. The van der Waals surface area contributed by atoms with Crippen molar-refractivity contribution < 1.29 is 4.79 Å². The standard InChI is InChI=1S/C22H28ClN5O/c1-3-21(26-20-9-6-18(23)14-16(20)2)27-22(29)25-15-17-4-7-19(8-5-17)28-12-10-24-11-13-28/h4-9,14,16,24H,3,10-13,15H2,1-2H3,(H,25,29). The van der Waals surface area contributed by atoms with Gasteiger partial charge in [-0.2, -0.15) is 4.99 Å². The number of hydrogen-bond donors (Lipinski definition) is 2. The third-order valence-corrected chi connectivity index (χ3v) is 5.21. The summed E-state index contributed by atoms with van der Waals surface area (Å²) >= 11 is 6.00. The molecule has 1 aliphatic carbocycles. The Labute approximate surface area is 177 Å². The topological polar surface area (TPSA) is 69.1 Å². The lowest BCUT2D eigenvalue weighted by Crippen LogP contribution is -2.43. The van der Waals surface area contributed by atoms with E-state index in [9.17, 15) is 4.79 Å². The quantitative estimate of drug-likeness (QED) is 0.581. The zero-order valence-corrected chi connectivity index (χ0v) is 17.7. The molecule has 7 heteroatoms. The Hall–Kier alpha value is -2.44. The van der Waals surface area contributed by atoms with Crippen LogP contribution in [0.5, 0.6) is 0 Å². The van der Waals surface area contributed by atoms with Crippen molar-refractivity contribution in [3.8, 4) is 0 Å². The highest BCUT2D eigenvalue weighted by atomic mass is 35.5. The van der Waals surface area contributed by atoms with E-state index in [1.54, 1.807) is 6.08 Å². The van der Waals surface area contributed by atoms with Crippen LogP contribution in [0.1, 0.15) is 25.8 Å². The number of amides is 2. The minimum atomic E-state index is -0.376. The van der Waals surface area contributed by atoms with Gasteiger partial charge in [-0.05, 0) is 29.8 Å². The van der Waals surface area contributed by atoms with E-state index >= 15 is 0 Å². The van der Waals surface area contributed by atoms with Crippen LogP contribution < -0.4 is 15.5 Å². The predicted octanol–water partition coefficient (Wildman–Crippen LogP) is 3.88. The summed E-state index contributed by atoms with van der Waals surface area (Å²) in [6.45, 7) is 8.45. The molecule has 2 aliphatic rings. The molecule has 1 aliphatic heterocycles. The van der Waals surface area contributed by atoms with Crippen molar-refractivity contribution in [3.05, 3.63) is 53.1 Å². The molecule has 0 spiro atoms. The van der Waals surface area contributed by atoms with Gasteiger partial charge >= 0.3 is 6.03 Å². The van der Waals surface area contributed by atoms with E-state index in [0.29, 0.717) is 23.8 Å². The lowest BCUT2D eigenvalue weighted by Gasteiger charge is -2.29. The number of halogens is 1. The molecule has 6 nitrogen and oxygen atoms in total. The number of allylic oxidation sites excluding steroid dienone is 4. The number of benzene rings is 1. The highest BCUT2D eigenvalue weighted by Gasteiger charge is 2.12. The molecule has 2 N–H and O–H groups in total. The fourth-order valence-corrected chi connectivity index (χ4v) is 3.50. The summed E-state index contributed by atoms with van der Waals surface area (Å²) in [5.41, 5.74) is 3.11. The van der Waals surface area contributed by atoms with Crippen LogP contribution in [0.2, 0.25) is 0 Å². The van der Waals surface area contributed by atoms with Gasteiger partial charge in [0.1, 0.15) is 5.84 Å². The largest absolute Gasteiger partial charge is 0.369 e. The zero-order chi connectivity index (χ0) is 20.6. The molecule has 29 heavy (non-hydrogen) atoms. The molecule has 0 saturated carbocycles. The SMILES string of the molecule is CCC(=NC(=O)NCc1ccc(N2CCNCC2)cc1)N=C1C=CC(Cl)=CC1C. The molecule has 0 radical (unpaired) electrons. The van der Waals surface area contributed by atoms with Crippen LogP contribution in [0.3, 0.4) is 0 Å². The maximum absolute atomic E-state index is 12.2. The maximum Gasteiger partial charge on any atom is 0.342 e. The summed E-state index contributed by atoms with van der Waals surface area (Å²) in [6, 6.07) is 7.93. The van der Waals surface area contributed by atoms with Gasteiger partial charge in [0.2, 0.25) is 0 Å². The van der Waals surface area contributed by atoms with Crippen molar-refractivity contribution in [1.82, 2.24) is 10.6 Å². The van der Waals surface area contributed by atoms with Crippen molar-refractivity contribution in [2.45, 2.75) is 26.8 Å². The number of hydrogen-bond acceptors (Lipinski definition) is 3. The van der Waals surface area contributed by atoms with Gasteiger partial charge in [-0.1, -0.05) is 43.7 Å². The monoisotopic (exact) mass is 413 g/mol. The molecule has 3 rings (SSSR count). The number of urea groups is 1. The number of nitrogens with one attached hydrogen (secondary N) is 2. The first-order chi connectivity index (χ1) is 14.0. The zero-order valence-electron chi connectivity index (χ0n) is 17.0. The number of carbonyl (C=O) groups excluding carboxylic acids is 1. The smallest absolute Gasteiger partial charge is 0.342 e. The molecular formula is C22H28ClN5O. The molecule has 1 aromatic carbocycles. The second-order valence-corrected chi connectivity index (χ2v) is 7.59. The number of piperazine rings is 1. The maximum atomic E-state index is 12.2. The van der Waals surface area contributed by atoms with E-state index < -0.39 is 0 Å². The lowest BCUT2D eigenvalue weighted by molar-refractivity contribution is 0.249. The second-order valence-electron chi connectivity index (χ2n) is 7.15. The molecule has 0 aromatic heterocycles. The molecule has 1 atom stereocenters. The number of nitrogens with zero attached hydrogens (tertiary/aromatic N) is 3. The summed E-state index contributed by atoms with van der Waals surface area (Å²) in [5, 5.41) is 6.90. The molecule has 2 amide bonds. The summed E-state index contributed by atoms with van der Waals surface area (Å²) in [6.07, 6.45) is 6.18.